The van der Waals surface area contributed by atoms with Gasteiger partial charge in [-0.25, -0.2) is 28.6 Å². The minimum Gasteiger partial charge on any atom is -0.364 e. The van der Waals surface area contributed by atoms with E-state index >= 15 is 0 Å². The van der Waals surface area contributed by atoms with E-state index in [-0.39, 0.29) is 11.7 Å². The normalized spacial score (nSPS) is 18.7. The van der Waals surface area contributed by atoms with Gasteiger partial charge in [0.05, 0.1) is 6.04 Å². The quantitative estimate of drug-likeness (QED) is 0.818. The van der Waals surface area contributed by atoms with Crippen LogP contribution < -0.4 is 10.6 Å². The highest BCUT2D eigenvalue weighted by Gasteiger charge is 2.33. The van der Waals surface area contributed by atoms with Gasteiger partial charge in [0, 0.05) is 50.9 Å². The van der Waals surface area contributed by atoms with Crippen molar-refractivity contribution >= 4 is 24.0 Å². The van der Waals surface area contributed by atoms with Crippen molar-refractivity contribution in [2.45, 2.75) is 12.5 Å². The van der Waals surface area contributed by atoms with Crippen LogP contribution in [-0.2, 0) is 0 Å². The number of benzene rings is 1. The molecular weight excluding hydrogens is 396 g/mol. The summed E-state index contributed by atoms with van der Waals surface area (Å²) in [6, 6.07) is 3.85. The van der Waals surface area contributed by atoms with E-state index in [2.05, 4.69) is 15.1 Å². The number of piperazine rings is 1. The number of primary amides is 1. The number of anilines is 1. The molecule has 2 aliphatic rings. The molecule has 1 aromatic heterocycles. The van der Waals surface area contributed by atoms with E-state index in [0.29, 0.717) is 44.0 Å². The molecule has 4 rings (SSSR count). The SMILES string of the molecule is NC(=O)c1cc(N2CCN(C(=O)N3N=CCC3c3cc(F)cc(F)c3)CC2)ncn1. The molecule has 1 unspecified atom stereocenters. The van der Waals surface area contributed by atoms with Crippen LogP contribution in [0.15, 0.2) is 35.7 Å². The van der Waals surface area contributed by atoms with E-state index in [1.807, 2.05) is 4.90 Å². The molecule has 11 heteroatoms. The van der Waals surface area contributed by atoms with E-state index < -0.39 is 23.6 Å². The molecule has 3 amide bonds. The van der Waals surface area contributed by atoms with Crippen molar-refractivity contribution in [3.63, 3.8) is 0 Å². The number of rotatable bonds is 3. The summed E-state index contributed by atoms with van der Waals surface area (Å²) in [6.07, 6.45) is 3.22. The average Bonchev–Trinajstić information content (AvgIpc) is 3.23. The van der Waals surface area contributed by atoms with Crippen molar-refractivity contribution in [1.82, 2.24) is 19.9 Å². The predicted octanol–water partition coefficient (Wildman–Crippen LogP) is 1.53. The summed E-state index contributed by atoms with van der Waals surface area (Å²) in [4.78, 5) is 35.8. The summed E-state index contributed by atoms with van der Waals surface area (Å²) in [5.74, 6) is -1.48. The van der Waals surface area contributed by atoms with E-state index in [1.54, 1.807) is 11.1 Å². The van der Waals surface area contributed by atoms with Crippen LogP contribution >= 0.6 is 0 Å². The molecular formula is C19H19F2N7O2. The maximum atomic E-state index is 13.6. The molecule has 1 aromatic carbocycles. The van der Waals surface area contributed by atoms with Gasteiger partial charge in [0.25, 0.3) is 5.91 Å². The van der Waals surface area contributed by atoms with Crippen molar-refractivity contribution in [1.29, 1.82) is 0 Å². The lowest BCUT2D eigenvalue weighted by atomic mass is 10.0. The molecule has 3 heterocycles. The van der Waals surface area contributed by atoms with Crippen molar-refractivity contribution in [2.24, 2.45) is 10.8 Å². The number of nitrogens with two attached hydrogens (primary N) is 1. The summed E-state index contributed by atoms with van der Waals surface area (Å²) in [6.45, 7) is 1.76. The standard InChI is InChI=1S/C19H19F2N7O2/c20-13-7-12(8-14(21)9-13)16-1-2-25-28(16)19(30)27-5-3-26(4-6-27)17-10-15(18(22)29)23-11-24-17/h2,7-11,16H,1,3-6H2,(H2,22,29). The molecule has 0 radical (unpaired) electrons. The molecule has 1 fully saturated rings. The zero-order valence-corrected chi connectivity index (χ0v) is 15.9. The second-order valence-corrected chi connectivity index (χ2v) is 6.98. The summed E-state index contributed by atoms with van der Waals surface area (Å²) in [7, 11) is 0. The number of aromatic nitrogens is 2. The molecule has 0 saturated carbocycles. The number of hydrogen-bond donors (Lipinski definition) is 1. The summed E-state index contributed by atoms with van der Waals surface area (Å²) in [5, 5.41) is 5.39. The summed E-state index contributed by atoms with van der Waals surface area (Å²) >= 11 is 0. The van der Waals surface area contributed by atoms with Gasteiger partial charge in [0.2, 0.25) is 0 Å². The molecule has 1 atom stereocenters. The minimum absolute atomic E-state index is 0.120. The number of urea groups is 1. The lowest BCUT2D eigenvalue weighted by molar-refractivity contribution is 0.0995. The van der Waals surface area contributed by atoms with Crippen LogP contribution in [0.3, 0.4) is 0 Å². The fourth-order valence-corrected chi connectivity index (χ4v) is 3.57. The third-order valence-corrected chi connectivity index (χ3v) is 5.07. The van der Waals surface area contributed by atoms with Crippen LogP contribution in [0, 0.1) is 11.6 Å². The van der Waals surface area contributed by atoms with E-state index in [4.69, 9.17) is 5.73 Å². The Hall–Kier alpha value is -3.63. The van der Waals surface area contributed by atoms with Gasteiger partial charge in [-0.05, 0) is 17.7 Å². The highest BCUT2D eigenvalue weighted by atomic mass is 19.1. The number of hydrazone groups is 1. The smallest absolute Gasteiger partial charge is 0.341 e. The Morgan fingerprint density at radius 3 is 2.37 bits per heavy atom. The fraction of sp³-hybridized carbons (Fsp3) is 0.316. The van der Waals surface area contributed by atoms with Crippen molar-refractivity contribution in [3.05, 3.63) is 53.5 Å². The lowest BCUT2D eigenvalue weighted by Crippen LogP contribution is -2.52. The average molecular weight is 415 g/mol. The van der Waals surface area contributed by atoms with E-state index in [9.17, 15) is 18.4 Å². The Balaban J connectivity index is 1.43. The molecule has 0 aliphatic carbocycles. The summed E-state index contributed by atoms with van der Waals surface area (Å²) < 4.78 is 27.2. The molecule has 0 bridgehead atoms. The second-order valence-electron chi connectivity index (χ2n) is 6.98. The number of hydrogen-bond acceptors (Lipinski definition) is 6. The Morgan fingerprint density at radius 1 is 1.00 bits per heavy atom. The molecule has 2 aliphatic heterocycles. The van der Waals surface area contributed by atoms with Crippen LogP contribution in [0.2, 0.25) is 0 Å². The number of amides is 3. The first-order valence-corrected chi connectivity index (χ1v) is 9.36. The first-order valence-electron chi connectivity index (χ1n) is 9.36. The van der Waals surface area contributed by atoms with Crippen LogP contribution in [0.1, 0.15) is 28.5 Å². The topological polar surface area (TPSA) is 108 Å². The zero-order valence-electron chi connectivity index (χ0n) is 15.9. The molecule has 9 nitrogen and oxygen atoms in total. The Labute approximate surface area is 170 Å². The third-order valence-electron chi connectivity index (χ3n) is 5.07. The van der Waals surface area contributed by atoms with Crippen LogP contribution in [-0.4, -0.2) is 64.2 Å². The van der Waals surface area contributed by atoms with Crippen LogP contribution in [0.4, 0.5) is 19.4 Å². The highest BCUT2D eigenvalue weighted by Crippen LogP contribution is 2.30. The Morgan fingerprint density at radius 2 is 1.70 bits per heavy atom. The largest absolute Gasteiger partial charge is 0.364 e. The fourth-order valence-electron chi connectivity index (χ4n) is 3.57. The van der Waals surface area contributed by atoms with Crippen molar-refractivity contribution in [2.75, 3.05) is 31.1 Å². The Bertz CT molecular complexity index is 988. The van der Waals surface area contributed by atoms with Gasteiger partial charge in [-0.15, -0.1) is 0 Å². The molecule has 1 saturated heterocycles. The zero-order chi connectivity index (χ0) is 21.3. The molecule has 30 heavy (non-hydrogen) atoms. The van der Waals surface area contributed by atoms with Gasteiger partial charge in [-0.2, -0.15) is 5.10 Å². The maximum absolute atomic E-state index is 13.6. The van der Waals surface area contributed by atoms with Crippen molar-refractivity contribution < 1.29 is 18.4 Å². The minimum atomic E-state index is -0.696. The molecule has 2 aromatic rings. The number of carbonyl (C=O) groups excluding carboxylic acids is 2. The second kappa shape index (κ2) is 8.01. The van der Waals surface area contributed by atoms with Crippen LogP contribution in [0.5, 0.6) is 0 Å². The maximum Gasteiger partial charge on any atom is 0.341 e. The van der Waals surface area contributed by atoms with Crippen molar-refractivity contribution in [3.8, 4) is 0 Å². The number of nitrogens with zero attached hydrogens (tertiary/aromatic N) is 6. The molecule has 156 valence electrons. The van der Waals surface area contributed by atoms with E-state index in [1.165, 1.54) is 29.5 Å². The van der Waals surface area contributed by atoms with Gasteiger partial charge >= 0.3 is 6.03 Å². The monoisotopic (exact) mass is 415 g/mol. The van der Waals surface area contributed by atoms with Gasteiger partial charge in [0.1, 0.15) is 29.5 Å². The van der Waals surface area contributed by atoms with Gasteiger partial charge in [-0.1, -0.05) is 0 Å². The third kappa shape index (κ3) is 3.91. The highest BCUT2D eigenvalue weighted by molar-refractivity contribution is 5.91. The lowest BCUT2D eigenvalue weighted by Gasteiger charge is -2.37. The summed E-state index contributed by atoms with van der Waals surface area (Å²) in [5.41, 5.74) is 5.74. The Kier molecular flexibility index (Phi) is 5.25. The predicted molar refractivity (Wildman–Crippen MR) is 104 cm³/mol. The van der Waals surface area contributed by atoms with E-state index in [0.717, 1.165) is 6.07 Å². The van der Waals surface area contributed by atoms with Gasteiger partial charge < -0.3 is 15.5 Å². The molecule has 0 spiro atoms. The first kappa shape index (κ1) is 19.7. The van der Waals surface area contributed by atoms with Gasteiger partial charge in [-0.3, -0.25) is 4.79 Å². The number of carbonyl (C=O) groups is 2. The van der Waals surface area contributed by atoms with Gasteiger partial charge in [0.15, 0.2) is 0 Å². The first-order chi connectivity index (χ1) is 14.4. The number of halogens is 2. The van der Waals surface area contributed by atoms with Crippen LogP contribution in [0.25, 0.3) is 0 Å². The molecule has 2 N–H and O–H groups in total.